The number of hydrogen-bond acceptors (Lipinski definition) is 8. The molecule has 0 radical (unpaired) electrons. The minimum atomic E-state index is -4.85. The van der Waals surface area contributed by atoms with Crippen LogP contribution in [-0.2, 0) is 15.6 Å². The number of amides is 1. The molecule has 0 bridgehead atoms. The van der Waals surface area contributed by atoms with Crippen molar-refractivity contribution in [1.82, 2.24) is 19.8 Å². The molecule has 0 aliphatic carbocycles. The summed E-state index contributed by atoms with van der Waals surface area (Å²) in [4.78, 5) is 18.8. The molecule has 1 fully saturated rings. The maximum atomic E-state index is 13.7. The molecule has 17 heteroatoms. The standard InChI is InChI=1S/C24H24Cl2F4N4O5S2/c1-11(24(28,29)30)33-41(37,38)15-5-4-13(17(25)18(15)26)20-19(22(35)34-8-6-12(27)7-9-34)31-21(40-20)14-10-16(39-32-14)23(2,3)36/h4-5,10-12,33,36H,6-9H2,1-3H3. The van der Waals surface area contributed by atoms with E-state index in [4.69, 9.17) is 27.7 Å². The van der Waals surface area contributed by atoms with Crippen molar-refractivity contribution in [2.45, 2.75) is 62.5 Å². The maximum Gasteiger partial charge on any atom is 0.404 e. The molecule has 2 aromatic heterocycles. The first-order chi connectivity index (χ1) is 18.9. The number of carbonyl (C=O) groups is 1. The summed E-state index contributed by atoms with van der Waals surface area (Å²) in [7, 11) is -4.75. The van der Waals surface area contributed by atoms with Crippen molar-refractivity contribution in [1.29, 1.82) is 0 Å². The van der Waals surface area contributed by atoms with Crippen molar-refractivity contribution in [2.24, 2.45) is 0 Å². The van der Waals surface area contributed by atoms with Crippen LogP contribution in [0.2, 0.25) is 10.0 Å². The number of benzene rings is 1. The number of nitrogens with one attached hydrogen (secondary N) is 1. The lowest BCUT2D eigenvalue weighted by atomic mass is 10.1. The van der Waals surface area contributed by atoms with Crippen LogP contribution in [0.15, 0.2) is 27.6 Å². The van der Waals surface area contributed by atoms with E-state index in [2.05, 4.69) is 10.1 Å². The van der Waals surface area contributed by atoms with Gasteiger partial charge in [0.05, 0.1) is 14.9 Å². The lowest BCUT2D eigenvalue weighted by Crippen LogP contribution is -2.43. The predicted octanol–water partition coefficient (Wildman–Crippen LogP) is 5.80. The number of sulfonamides is 1. The third-order valence-electron chi connectivity index (χ3n) is 6.28. The fourth-order valence-electron chi connectivity index (χ4n) is 3.90. The van der Waals surface area contributed by atoms with Gasteiger partial charge in [-0.1, -0.05) is 34.4 Å². The van der Waals surface area contributed by atoms with Crippen LogP contribution >= 0.6 is 34.5 Å². The van der Waals surface area contributed by atoms with E-state index in [1.165, 1.54) is 35.6 Å². The quantitative estimate of drug-likeness (QED) is 0.307. The zero-order valence-electron chi connectivity index (χ0n) is 21.7. The Hall–Kier alpha value is -2.30. The van der Waals surface area contributed by atoms with Crippen molar-refractivity contribution < 1.29 is 40.4 Å². The maximum absolute atomic E-state index is 13.7. The smallest absolute Gasteiger partial charge is 0.382 e. The van der Waals surface area contributed by atoms with Gasteiger partial charge in [0.1, 0.15) is 39.1 Å². The lowest BCUT2D eigenvalue weighted by Gasteiger charge is -2.28. The SMILES string of the molecule is CC(NS(=O)(=O)c1ccc(-c2sc(-c3cc(C(C)(C)O)on3)nc2C(=O)N2CCC(F)CC2)c(Cl)c1Cl)C(F)(F)F. The zero-order valence-corrected chi connectivity index (χ0v) is 24.9. The van der Waals surface area contributed by atoms with Gasteiger partial charge in [0.15, 0.2) is 5.76 Å². The Morgan fingerprint density at radius 2 is 1.85 bits per heavy atom. The van der Waals surface area contributed by atoms with Crippen LogP contribution in [0.25, 0.3) is 21.1 Å². The Morgan fingerprint density at radius 3 is 2.41 bits per heavy atom. The topological polar surface area (TPSA) is 126 Å². The molecule has 1 atom stereocenters. The summed E-state index contributed by atoms with van der Waals surface area (Å²) >= 11 is 13.7. The number of halogens is 6. The van der Waals surface area contributed by atoms with Crippen molar-refractivity contribution in [3.8, 4) is 21.1 Å². The van der Waals surface area contributed by atoms with E-state index < -0.39 is 49.8 Å². The van der Waals surface area contributed by atoms with Gasteiger partial charge < -0.3 is 14.5 Å². The highest BCUT2D eigenvalue weighted by Gasteiger charge is 2.40. The fraction of sp³-hybridized carbons (Fsp3) is 0.458. The molecule has 41 heavy (non-hydrogen) atoms. The second-order valence-corrected chi connectivity index (χ2v) is 13.4. The van der Waals surface area contributed by atoms with E-state index in [1.54, 1.807) is 0 Å². The van der Waals surface area contributed by atoms with Crippen molar-refractivity contribution in [3.05, 3.63) is 39.7 Å². The second kappa shape index (κ2) is 11.4. The summed E-state index contributed by atoms with van der Waals surface area (Å²) in [5, 5.41) is 13.4. The highest BCUT2D eigenvalue weighted by molar-refractivity contribution is 7.89. The minimum Gasteiger partial charge on any atom is -0.382 e. The summed E-state index contributed by atoms with van der Waals surface area (Å²) in [5.41, 5.74) is -1.21. The molecule has 9 nitrogen and oxygen atoms in total. The molecular formula is C24H24Cl2F4N4O5S2. The molecule has 1 aliphatic heterocycles. The number of hydrogen-bond donors (Lipinski definition) is 2. The predicted molar refractivity (Wildman–Crippen MR) is 144 cm³/mol. The zero-order chi connectivity index (χ0) is 30.5. The second-order valence-electron chi connectivity index (χ2n) is 9.92. The van der Waals surface area contributed by atoms with Crippen LogP contribution in [0.3, 0.4) is 0 Å². The first-order valence-electron chi connectivity index (χ1n) is 12.1. The number of aliphatic hydroxyl groups is 1. The molecular weight excluding hydrogens is 635 g/mol. The average Bonchev–Trinajstić information content (AvgIpc) is 3.52. The Labute approximate surface area is 246 Å². The largest absolute Gasteiger partial charge is 0.404 e. The number of thiazole rings is 1. The molecule has 1 aromatic carbocycles. The van der Waals surface area contributed by atoms with Gasteiger partial charge in [0, 0.05) is 24.7 Å². The summed E-state index contributed by atoms with van der Waals surface area (Å²) < 4.78 is 84.8. The van der Waals surface area contributed by atoms with E-state index >= 15 is 0 Å². The first-order valence-corrected chi connectivity index (χ1v) is 15.2. The summed E-state index contributed by atoms with van der Waals surface area (Å²) in [6.45, 7) is 3.87. The molecule has 1 saturated heterocycles. The molecule has 1 amide bonds. The van der Waals surface area contributed by atoms with Gasteiger partial charge in [0.2, 0.25) is 10.0 Å². The van der Waals surface area contributed by atoms with Gasteiger partial charge in [0.25, 0.3) is 5.91 Å². The number of carbonyl (C=O) groups excluding carboxylic acids is 1. The monoisotopic (exact) mass is 658 g/mol. The Balaban J connectivity index is 1.80. The van der Waals surface area contributed by atoms with Crippen LogP contribution in [0, 0.1) is 0 Å². The van der Waals surface area contributed by atoms with Gasteiger partial charge in [-0.15, -0.1) is 11.3 Å². The van der Waals surface area contributed by atoms with Crippen molar-refractivity contribution in [2.75, 3.05) is 13.1 Å². The van der Waals surface area contributed by atoms with Gasteiger partial charge >= 0.3 is 6.18 Å². The van der Waals surface area contributed by atoms with Crippen molar-refractivity contribution >= 4 is 50.5 Å². The average molecular weight is 660 g/mol. The normalized spacial score (nSPS) is 16.3. The lowest BCUT2D eigenvalue weighted by molar-refractivity contribution is -0.147. The molecule has 0 saturated carbocycles. The van der Waals surface area contributed by atoms with E-state index in [1.807, 2.05) is 0 Å². The van der Waals surface area contributed by atoms with E-state index in [-0.39, 0.29) is 63.6 Å². The minimum absolute atomic E-state index is 0.0816. The van der Waals surface area contributed by atoms with Crippen molar-refractivity contribution in [3.63, 3.8) is 0 Å². The van der Waals surface area contributed by atoms with Crippen LogP contribution in [0.1, 0.15) is 49.9 Å². The summed E-state index contributed by atoms with van der Waals surface area (Å²) in [5.74, 6) is -0.427. The van der Waals surface area contributed by atoms with E-state index in [0.717, 1.165) is 17.4 Å². The van der Waals surface area contributed by atoms with Gasteiger partial charge in [-0.3, -0.25) is 4.79 Å². The van der Waals surface area contributed by atoms with Crippen LogP contribution in [0.4, 0.5) is 17.6 Å². The third-order valence-corrected chi connectivity index (χ3v) is 9.97. The Morgan fingerprint density at radius 1 is 1.22 bits per heavy atom. The van der Waals surface area contributed by atoms with Gasteiger partial charge in [-0.05, 0) is 39.7 Å². The molecule has 3 heterocycles. The molecule has 1 unspecified atom stereocenters. The number of piperidine rings is 1. The highest BCUT2D eigenvalue weighted by atomic mass is 35.5. The van der Waals surface area contributed by atoms with E-state index in [0.29, 0.717) is 6.92 Å². The van der Waals surface area contributed by atoms with Gasteiger partial charge in [-0.2, -0.15) is 17.9 Å². The molecule has 2 N–H and O–H groups in total. The van der Waals surface area contributed by atoms with Crippen LogP contribution in [0.5, 0.6) is 0 Å². The van der Waals surface area contributed by atoms with Gasteiger partial charge in [-0.25, -0.2) is 17.8 Å². The molecule has 3 aromatic rings. The molecule has 1 aliphatic rings. The number of rotatable bonds is 7. The molecule has 224 valence electrons. The third kappa shape index (κ3) is 6.70. The summed E-state index contributed by atoms with van der Waals surface area (Å²) in [6.07, 6.45) is -5.62. The number of nitrogens with zero attached hydrogens (tertiary/aromatic N) is 3. The Kier molecular flexibility index (Phi) is 8.81. The number of likely N-dealkylation sites (tertiary alicyclic amines) is 1. The highest BCUT2D eigenvalue weighted by Crippen LogP contribution is 2.44. The summed E-state index contributed by atoms with van der Waals surface area (Å²) in [6, 6.07) is 1.21. The Bertz CT molecular complexity index is 1560. The molecule has 4 rings (SSSR count). The first kappa shape index (κ1) is 31.6. The van der Waals surface area contributed by atoms with Crippen LogP contribution < -0.4 is 4.72 Å². The van der Waals surface area contributed by atoms with Crippen LogP contribution in [-0.4, -0.2) is 66.0 Å². The molecule has 0 spiro atoms. The number of alkyl halides is 4. The fourth-order valence-corrected chi connectivity index (χ4v) is 7.09. The number of aromatic nitrogens is 2. The van der Waals surface area contributed by atoms with E-state index in [9.17, 15) is 35.9 Å².